The van der Waals surface area contributed by atoms with Gasteiger partial charge in [0.05, 0.1) is 23.4 Å². The van der Waals surface area contributed by atoms with Gasteiger partial charge < -0.3 is 20.2 Å². The van der Waals surface area contributed by atoms with Gasteiger partial charge in [-0.3, -0.25) is 9.59 Å². The van der Waals surface area contributed by atoms with E-state index in [0.29, 0.717) is 11.9 Å². The van der Waals surface area contributed by atoms with Gasteiger partial charge in [-0.25, -0.2) is 4.98 Å². The van der Waals surface area contributed by atoms with Crippen LogP contribution in [0.15, 0.2) is 18.3 Å². The molecule has 1 atom stereocenters. The van der Waals surface area contributed by atoms with E-state index in [2.05, 4.69) is 20.1 Å². The molecule has 0 aromatic carbocycles. The van der Waals surface area contributed by atoms with E-state index in [9.17, 15) is 14.7 Å². The third-order valence-electron chi connectivity index (χ3n) is 8.55. The topological polar surface area (TPSA) is 85.8 Å². The summed E-state index contributed by atoms with van der Waals surface area (Å²) in [4.78, 5) is 35.1. The number of aliphatic hydroxyl groups is 1. The Morgan fingerprint density at radius 3 is 2.52 bits per heavy atom. The molecule has 180 valence electrons. The molecule has 2 saturated carbocycles. The van der Waals surface area contributed by atoms with Crippen molar-refractivity contribution in [2.24, 2.45) is 11.3 Å². The molecule has 1 aromatic heterocycles. The number of aromatic nitrogens is 1. The molecule has 2 aliphatic carbocycles. The summed E-state index contributed by atoms with van der Waals surface area (Å²) in [5, 5.41) is 12.9. The number of pyridine rings is 1. The summed E-state index contributed by atoms with van der Waals surface area (Å²) in [6, 6.07) is 4.22. The number of amides is 2. The Kier molecular flexibility index (Phi) is 6.59. The lowest BCUT2D eigenvalue weighted by atomic mass is 9.78. The van der Waals surface area contributed by atoms with E-state index in [0.717, 1.165) is 102 Å². The number of hydrogen-bond acceptors (Lipinski definition) is 5. The van der Waals surface area contributed by atoms with Gasteiger partial charge in [0.15, 0.2) is 0 Å². The standard InChI is InChI=1S/C26H38N4O3/c31-22-10-8-21(9-11-22)30-16-14-26(25(30)33)13-4-15-29(18-26)23-12-7-20(17-27-23)28-24(32)19-5-2-1-3-6-19/h7,12,17,19,21-22,31H,1-6,8-11,13-16,18H2,(H,28,32)/t21-,22-,26-/m1/s1. The first-order valence-electron chi connectivity index (χ1n) is 13.1. The maximum atomic E-state index is 13.5. The number of likely N-dealkylation sites (tertiary alicyclic amines) is 1. The van der Waals surface area contributed by atoms with Crippen molar-refractivity contribution in [1.82, 2.24) is 9.88 Å². The molecule has 2 aliphatic heterocycles. The molecule has 33 heavy (non-hydrogen) atoms. The first-order chi connectivity index (χ1) is 16.0. The van der Waals surface area contributed by atoms with Crippen molar-refractivity contribution < 1.29 is 14.7 Å². The lowest BCUT2D eigenvalue weighted by molar-refractivity contribution is -0.139. The van der Waals surface area contributed by atoms with Gasteiger partial charge in [-0.2, -0.15) is 0 Å². The van der Waals surface area contributed by atoms with Crippen LogP contribution < -0.4 is 10.2 Å². The van der Waals surface area contributed by atoms with Crippen LogP contribution in [0.5, 0.6) is 0 Å². The molecule has 0 radical (unpaired) electrons. The van der Waals surface area contributed by atoms with E-state index in [1.807, 2.05) is 12.1 Å². The highest BCUT2D eigenvalue weighted by Crippen LogP contribution is 2.43. The van der Waals surface area contributed by atoms with Crippen molar-refractivity contribution in [3.8, 4) is 0 Å². The van der Waals surface area contributed by atoms with Crippen LogP contribution in [-0.4, -0.2) is 58.6 Å². The van der Waals surface area contributed by atoms with Crippen molar-refractivity contribution in [2.45, 2.75) is 89.2 Å². The molecule has 0 unspecified atom stereocenters. The Hall–Kier alpha value is -2.15. The molecule has 4 fully saturated rings. The SMILES string of the molecule is O=C(Nc1ccc(N2CCC[C@@]3(CCN([C@H]4CC[C@H](O)CC4)C3=O)C2)nc1)C1CCCCC1. The Morgan fingerprint density at radius 1 is 1.00 bits per heavy atom. The Bertz CT molecular complexity index is 846. The molecule has 4 aliphatic rings. The summed E-state index contributed by atoms with van der Waals surface area (Å²) in [7, 11) is 0. The van der Waals surface area contributed by atoms with Crippen molar-refractivity contribution in [3.63, 3.8) is 0 Å². The highest BCUT2D eigenvalue weighted by Gasteiger charge is 2.50. The largest absolute Gasteiger partial charge is 0.393 e. The van der Waals surface area contributed by atoms with Gasteiger partial charge in [0.1, 0.15) is 5.82 Å². The fraction of sp³-hybridized carbons (Fsp3) is 0.731. The number of hydrogen-bond donors (Lipinski definition) is 2. The summed E-state index contributed by atoms with van der Waals surface area (Å²) in [6.45, 7) is 2.47. The van der Waals surface area contributed by atoms with Gasteiger partial charge in [-0.1, -0.05) is 19.3 Å². The molecule has 0 bridgehead atoms. The molecular weight excluding hydrogens is 416 g/mol. The van der Waals surface area contributed by atoms with Gasteiger partial charge in [-0.15, -0.1) is 0 Å². The fourth-order valence-electron chi connectivity index (χ4n) is 6.53. The minimum Gasteiger partial charge on any atom is -0.393 e. The second kappa shape index (κ2) is 9.61. The average Bonchev–Trinajstić information content (AvgIpc) is 3.15. The third kappa shape index (κ3) is 4.75. The summed E-state index contributed by atoms with van der Waals surface area (Å²) in [6.07, 6.45) is 13.4. The maximum absolute atomic E-state index is 13.5. The lowest BCUT2D eigenvalue weighted by Crippen LogP contribution is -2.50. The zero-order chi connectivity index (χ0) is 22.8. The normalized spacial score (nSPS) is 31.2. The zero-order valence-corrected chi connectivity index (χ0v) is 19.7. The van der Waals surface area contributed by atoms with E-state index < -0.39 is 0 Å². The summed E-state index contributed by atoms with van der Waals surface area (Å²) >= 11 is 0. The van der Waals surface area contributed by atoms with Gasteiger partial charge in [0.2, 0.25) is 11.8 Å². The lowest BCUT2D eigenvalue weighted by Gasteiger charge is -2.41. The number of carbonyl (C=O) groups excluding carboxylic acids is 2. The molecule has 2 N–H and O–H groups in total. The second-order valence-corrected chi connectivity index (χ2v) is 10.7. The number of anilines is 2. The number of rotatable bonds is 4. The van der Waals surface area contributed by atoms with Crippen LogP contribution in [0.25, 0.3) is 0 Å². The fourth-order valence-corrected chi connectivity index (χ4v) is 6.53. The quantitative estimate of drug-likeness (QED) is 0.724. The van der Waals surface area contributed by atoms with Crippen molar-refractivity contribution in [2.75, 3.05) is 29.9 Å². The predicted molar refractivity (Wildman–Crippen MR) is 128 cm³/mol. The number of nitrogens with zero attached hydrogens (tertiary/aromatic N) is 3. The van der Waals surface area contributed by atoms with Crippen molar-refractivity contribution >= 4 is 23.3 Å². The molecule has 5 rings (SSSR count). The third-order valence-corrected chi connectivity index (χ3v) is 8.55. The highest BCUT2D eigenvalue weighted by molar-refractivity contribution is 5.92. The van der Waals surface area contributed by atoms with Gasteiger partial charge in [0.25, 0.3) is 0 Å². The first kappa shape index (κ1) is 22.6. The van der Waals surface area contributed by atoms with Crippen molar-refractivity contribution in [3.05, 3.63) is 18.3 Å². The van der Waals surface area contributed by atoms with Crippen LogP contribution in [0.4, 0.5) is 11.5 Å². The van der Waals surface area contributed by atoms with Gasteiger partial charge >= 0.3 is 0 Å². The monoisotopic (exact) mass is 454 g/mol. The number of carbonyl (C=O) groups is 2. The number of piperidine rings is 1. The molecule has 7 heteroatoms. The van der Waals surface area contributed by atoms with Crippen LogP contribution in [0.2, 0.25) is 0 Å². The van der Waals surface area contributed by atoms with E-state index >= 15 is 0 Å². The van der Waals surface area contributed by atoms with Crippen LogP contribution in [-0.2, 0) is 9.59 Å². The maximum Gasteiger partial charge on any atom is 0.230 e. The minimum absolute atomic E-state index is 0.119. The minimum atomic E-state index is -0.302. The summed E-state index contributed by atoms with van der Waals surface area (Å²) in [5.74, 6) is 1.44. The Labute approximate surface area is 196 Å². The molecule has 7 nitrogen and oxygen atoms in total. The Balaban J connectivity index is 1.21. The van der Waals surface area contributed by atoms with E-state index in [1.165, 1.54) is 6.42 Å². The van der Waals surface area contributed by atoms with E-state index in [1.54, 1.807) is 6.20 Å². The number of nitrogens with one attached hydrogen (secondary N) is 1. The van der Waals surface area contributed by atoms with Crippen LogP contribution >= 0.6 is 0 Å². The number of aliphatic hydroxyl groups excluding tert-OH is 1. The van der Waals surface area contributed by atoms with Crippen LogP contribution in [0, 0.1) is 11.3 Å². The molecule has 2 amide bonds. The smallest absolute Gasteiger partial charge is 0.230 e. The van der Waals surface area contributed by atoms with E-state index in [-0.39, 0.29) is 23.3 Å². The molecule has 3 heterocycles. The van der Waals surface area contributed by atoms with Crippen molar-refractivity contribution in [1.29, 1.82) is 0 Å². The summed E-state index contributed by atoms with van der Waals surface area (Å²) < 4.78 is 0. The van der Waals surface area contributed by atoms with E-state index in [4.69, 9.17) is 0 Å². The van der Waals surface area contributed by atoms with Crippen LogP contribution in [0.3, 0.4) is 0 Å². The molecule has 2 saturated heterocycles. The average molecular weight is 455 g/mol. The zero-order valence-electron chi connectivity index (χ0n) is 19.7. The Morgan fingerprint density at radius 2 is 1.79 bits per heavy atom. The molecular formula is C26H38N4O3. The van der Waals surface area contributed by atoms with Gasteiger partial charge in [0, 0.05) is 31.6 Å². The highest BCUT2D eigenvalue weighted by atomic mass is 16.3. The van der Waals surface area contributed by atoms with Crippen LogP contribution in [0.1, 0.15) is 77.0 Å². The second-order valence-electron chi connectivity index (χ2n) is 10.7. The molecule has 1 spiro atoms. The molecule has 1 aromatic rings. The summed E-state index contributed by atoms with van der Waals surface area (Å²) in [5.41, 5.74) is 0.452. The first-order valence-corrected chi connectivity index (χ1v) is 13.1. The predicted octanol–water partition coefficient (Wildman–Crippen LogP) is 3.72. The van der Waals surface area contributed by atoms with Gasteiger partial charge in [-0.05, 0) is 69.9 Å².